The van der Waals surface area contributed by atoms with E-state index in [1.807, 2.05) is 56.3 Å². The molecule has 4 rings (SSSR count). The van der Waals surface area contributed by atoms with Gasteiger partial charge in [0.25, 0.3) is 17.7 Å². The number of fused-ring (bicyclic) bond motifs is 2. The normalized spacial score (nSPS) is 13.7. The van der Waals surface area contributed by atoms with Gasteiger partial charge in [-0.05, 0) is 42.3 Å². The van der Waals surface area contributed by atoms with Gasteiger partial charge in [-0.3, -0.25) is 24.1 Å². The lowest BCUT2D eigenvalue weighted by atomic mass is 10.00. The van der Waals surface area contributed by atoms with Gasteiger partial charge in [0.05, 0.1) is 23.6 Å². The number of imide groups is 1. The zero-order valence-corrected chi connectivity index (χ0v) is 18.5. The van der Waals surface area contributed by atoms with Crippen molar-refractivity contribution in [2.75, 3.05) is 13.2 Å². The summed E-state index contributed by atoms with van der Waals surface area (Å²) in [4.78, 5) is 50.4. The molecular formula is C26H24N2O5. The monoisotopic (exact) mass is 444 g/mol. The van der Waals surface area contributed by atoms with Gasteiger partial charge in [0.15, 0.2) is 6.61 Å². The number of hydrogen-bond donors (Lipinski definition) is 1. The van der Waals surface area contributed by atoms with E-state index in [9.17, 15) is 19.2 Å². The van der Waals surface area contributed by atoms with Gasteiger partial charge in [0, 0.05) is 6.54 Å². The molecule has 1 heterocycles. The number of esters is 1. The number of amides is 3. The van der Waals surface area contributed by atoms with E-state index >= 15 is 0 Å². The summed E-state index contributed by atoms with van der Waals surface area (Å²) in [6.45, 7) is 3.17. The van der Waals surface area contributed by atoms with Gasteiger partial charge in [0.2, 0.25) is 0 Å². The minimum Gasteiger partial charge on any atom is -0.456 e. The summed E-state index contributed by atoms with van der Waals surface area (Å²) < 4.78 is 5.05. The maximum atomic E-state index is 12.5. The molecule has 0 aliphatic carbocycles. The number of benzene rings is 3. The molecule has 1 unspecified atom stereocenters. The molecule has 1 N–H and O–H groups in total. The predicted octanol–water partition coefficient (Wildman–Crippen LogP) is 3.55. The smallest absolute Gasteiger partial charge is 0.308 e. The van der Waals surface area contributed by atoms with Crippen LogP contribution < -0.4 is 5.32 Å². The van der Waals surface area contributed by atoms with E-state index in [2.05, 4.69) is 5.32 Å². The molecule has 0 aromatic heterocycles. The Morgan fingerprint density at radius 1 is 0.970 bits per heavy atom. The van der Waals surface area contributed by atoms with Crippen LogP contribution in [0.2, 0.25) is 0 Å². The van der Waals surface area contributed by atoms with Crippen LogP contribution in [0.25, 0.3) is 10.8 Å². The average molecular weight is 444 g/mol. The molecule has 3 amide bonds. The quantitative estimate of drug-likeness (QED) is 0.444. The van der Waals surface area contributed by atoms with Crippen LogP contribution in [0.1, 0.15) is 51.2 Å². The van der Waals surface area contributed by atoms with Crippen LogP contribution in [0.5, 0.6) is 0 Å². The van der Waals surface area contributed by atoms with Crippen molar-refractivity contribution < 1.29 is 23.9 Å². The average Bonchev–Trinajstić information content (AvgIpc) is 3.04. The van der Waals surface area contributed by atoms with Crippen molar-refractivity contribution in [1.29, 1.82) is 0 Å². The summed E-state index contributed by atoms with van der Waals surface area (Å²) in [6, 6.07) is 18.5. The lowest BCUT2D eigenvalue weighted by Gasteiger charge is -2.17. The van der Waals surface area contributed by atoms with Crippen molar-refractivity contribution in [1.82, 2.24) is 10.2 Å². The second-order valence-corrected chi connectivity index (χ2v) is 8.08. The first-order valence-corrected chi connectivity index (χ1v) is 10.7. The Morgan fingerprint density at radius 2 is 1.70 bits per heavy atom. The molecule has 0 saturated carbocycles. The maximum Gasteiger partial charge on any atom is 0.308 e. The predicted molar refractivity (Wildman–Crippen MR) is 123 cm³/mol. The minimum atomic E-state index is -0.657. The molecule has 1 atom stereocenters. The van der Waals surface area contributed by atoms with Crippen molar-refractivity contribution >= 4 is 34.5 Å². The van der Waals surface area contributed by atoms with Crippen LogP contribution in [-0.2, 0) is 14.3 Å². The lowest BCUT2D eigenvalue weighted by molar-refractivity contribution is -0.148. The number of nitrogens with zero attached hydrogens (tertiary/aromatic N) is 1. The number of nitrogens with one attached hydrogen (secondary N) is 1. The van der Waals surface area contributed by atoms with Crippen LogP contribution in [0.15, 0.2) is 60.7 Å². The Balaban J connectivity index is 1.27. The van der Waals surface area contributed by atoms with E-state index < -0.39 is 30.3 Å². The Kier molecular flexibility index (Phi) is 6.22. The zero-order valence-electron chi connectivity index (χ0n) is 18.5. The molecule has 0 saturated heterocycles. The summed E-state index contributed by atoms with van der Waals surface area (Å²) >= 11 is 0. The van der Waals surface area contributed by atoms with E-state index in [1.165, 1.54) is 0 Å². The zero-order chi connectivity index (χ0) is 23.5. The highest BCUT2D eigenvalue weighted by atomic mass is 16.5. The van der Waals surface area contributed by atoms with Crippen molar-refractivity contribution in [2.24, 2.45) is 0 Å². The molecule has 7 nitrogen and oxygen atoms in total. The van der Waals surface area contributed by atoms with Gasteiger partial charge in [-0.2, -0.15) is 0 Å². The first kappa shape index (κ1) is 22.2. The van der Waals surface area contributed by atoms with Crippen LogP contribution >= 0.6 is 0 Å². The number of ether oxygens (including phenoxy) is 1. The van der Waals surface area contributed by atoms with E-state index in [4.69, 9.17) is 4.74 Å². The van der Waals surface area contributed by atoms with E-state index in [-0.39, 0.29) is 19.0 Å². The van der Waals surface area contributed by atoms with Gasteiger partial charge in [-0.15, -0.1) is 0 Å². The number of carbonyl (C=O) groups excluding carboxylic acids is 4. The third-order valence-corrected chi connectivity index (χ3v) is 5.70. The maximum absolute atomic E-state index is 12.5. The first-order valence-electron chi connectivity index (χ1n) is 10.7. The number of aryl methyl sites for hydroxylation is 1. The van der Waals surface area contributed by atoms with Gasteiger partial charge in [0.1, 0.15) is 0 Å². The van der Waals surface area contributed by atoms with Crippen LogP contribution in [0, 0.1) is 6.92 Å². The van der Waals surface area contributed by atoms with E-state index in [0.717, 1.165) is 26.8 Å². The number of carbonyl (C=O) groups is 4. The van der Waals surface area contributed by atoms with E-state index in [0.29, 0.717) is 11.1 Å². The van der Waals surface area contributed by atoms with Crippen molar-refractivity contribution in [2.45, 2.75) is 26.3 Å². The highest BCUT2D eigenvalue weighted by Gasteiger charge is 2.35. The molecule has 0 fully saturated rings. The van der Waals surface area contributed by atoms with Crippen LogP contribution in [0.4, 0.5) is 0 Å². The molecule has 33 heavy (non-hydrogen) atoms. The summed E-state index contributed by atoms with van der Waals surface area (Å²) in [5, 5.41) is 4.95. The fraction of sp³-hybridized carbons (Fsp3) is 0.231. The summed E-state index contributed by atoms with van der Waals surface area (Å²) in [6.07, 6.45) is -0.184. The Labute approximate surface area is 191 Å². The molecule has 7 heteroatoms. The molecule has 1 aliphatic rings. The third kappa shape index (κ3) is 4.62. The molecule has 3 aromatic rings. The van der Waals surface area contributed by atoms with Crippen molar-refractivity contribution in [3.8, 4) is 0 Å². The van der Waals surface area contributed by atoms with Gasteiger partial charge in [-0.1, -0.05) is 54.1 Å². The number of hydrogen-bond acceptors (Lipinski definition) is 5. The molecular weight excluding hydrogens is 420 g/mol. The van der Waals surface area contributed by atoms with Crippen LogP contribution in [-0.4, -0.2) is 41.7 Å². The second-order valence-electron chi connectivity index (χ2n) is 8.08. The fourth-order valence-electron chi connectivity index (χ4n) is 4.02. The molecule has 0 bridgehead atoms. The van der Waals surface area contributed by atoms with Crippen LogP contribution in [0.3, 0.4) is 0 Å². The van der Waals surface area contributed by atoms with Gasteiger partial charge < -0.3 is 10.1 Å². The van der Waals surface area contributed by atoms with E-state index in [1.54, 1.807) is 18.2 Å². The van der Waals surface area contributed by atoms with Crippen molar-refractivity contribution in [3.63, 3.8) is 0 Å². The largest absolute Gasteiger partial charge is 0.456 e. The highest BCUT2D eigenvalue weighted by molar-refractivity contribution is 6.21. The molecule has 0 spiro atoms. The summed E-state index contributed by atoms with van der Waals surface area (Å²) in [5.41, 5.74) is 2.52. The first-order chi connectivity index (χ1) is 15.8. The van der Waals surface area contributed by atoms with Crippen molar-refractivity contribution in [3.05, 3.63) is 82.9 Å². The van der Waals surface area contributed by atoms with Gasteiger partial charge >= 0.3 is 5.97 Å². The summed E-state index contributed by atoms with van der Waals surface area (Å²) in [5.74, 6) is -1.94. The molecule has 1 aliphatic heterocycles. The standard InChI is InChI=1S/C26H24N2O5/c1-16-10-11-21-22(14-16)26(32)28(25(21)31)13-12-24(30)33-15-23(29)27-17(2)19-9-5-7-18-6-3-4-8-20(18)19/h3-11,14,17H,12-13,15H2,1-2H3,(H,27,29). The lowest BCUT2D eigenvalue weighted by Crippen LogP contribution is -2.34. The van der Waals surface area contributed by atoms with Gasteiger partial charge in [-0.25, -0.2) is 0 Å². The molecule has 3 aromatic carbocycles. The minimum absolute atomic E-state index is 0.0990. The topological polar surface area (TPSA) is 92.8 Å². The second kappa shape index (κ2) is 9.24. The Morgan fingerprint density at radius 3 is 2.52 bits per heavy atom. The SMILES string of the molecule is Cc1ccc2c(c1)C(=O)N(CCC(=O)OCC(=O)NC(C)c1cccc3ccccc13)C2=O. The number of rotatable bonds is 7. The Bertz CT molecular complexity index is 1260. The Hall–Kier alpha value is -4.00. The molecule has 0 radical (unpaired) electrons. The fourth-order valence-corrected chi connectivity index (χ4v) is 4.02. The highest BCUT2D eigenvalue weighted by Crippen LogP contribution is 2.25. The third-order valence-electron chi connectivity index (χ3n) is 5.70. The molecule has 168 valence electrons. The summed E-state index contributed by atoms with van der Waals surface area (Å²) in [7, 11) is 0.